The summed E-state index contributed by atoms with van der Waals surface area (Å²) in [4.78, 5) is 12.8. The molecular formula is C32H32BrN3O4. The maximum atomic E-state index is 12.8. The van der Waals surface area contributed by atoms with Crippen LogP contribution in [0.2, 0.25) is 0 Å². The molecule has 8 heteroatoms. The smallest absolute Gasteiger partial charge is 0.352 e. The average molecular weight is 603 g/mol. The molecule has 0 saturated carbocycles. The van der Waals surface area contributed by atoms with Crippen LogP contribution in [0.15, 0.2) is 60.7 Å². The average Bonchev–Trinajstić information content (AvgIpc) is 3.45. The number of carboxylic acids is 1. The van der Waals surface area contributed by atoms with Crippen molar-refractivity contribution in [3.8, 4) is 16.9 Å². The highest BCUT2D eigenvalue weighted by Crippen LogP contribution is 2.39. The van der Waals surface area contributed by atoms with E-state index in [0.29, 0.717) is 50.2 Å². The highest BCUT2D eigenvalue weighted by molar-refractivity contribution is 9.08. The van der Waals surface area contributed by atoms with Gasteiger partial charge in [-0.05, 0) is 42.7 Å². The molecule has 206 valence electrons. The number of aryl methyl sites for hydroxylation is 3. The number of halogens is 1. The molecule has 0 aliphatic carbocycles. The number of aromatic nitrogens is 3. The zero-order valence-electron chi connectivity index (χ0n) is 22.5. The van der Waals surface area contributed by atoms with E-state index in [-0.39, 0.29) is 0 Å². The molecule has 7 nitrogen and oxygen atoms in total. The van der Waals surface area contributed by atoms with Gasteiger partial charge < -0.3 is 19.1 Å². The van der Waals surface area contributed by atoms with Crippen LogP contribution in [0.5, 0.6) is 5.75 Å². The summed E-state index contributed by atoms with van der Waals surface area (Å²) >= 11 is 3.62. The third-order valence-corrected chi connectivity index (χ3v) is 8.29. The fourth-order valence-corrected chi connectivity index (χ4v) is 6.38. The van der Waals surface area contributed by atoms with E-state index in [0.717, 1.165) is 68.3 Å². The highest BCUT2D eigenvalue weighted by Gasteiger charge is 2.27. The Labute approximate surface area is 241 Å². The summed E-state index contributed by atoms with van der Waals surface area (Å²) in [7, 11) is 1.94. The van der Waals surface area contributed by atoms with E-state index in [1.54, 1.807) is 0 Å². The second-order valence-electron chi connectivity index (χ2n) is 10.2. The normalized spacial score (nSPS) is 13.8. The maximum Gasteiger partial charge on any atom is 0.352 e. The SMILES string of the molecule is Cn1nc(CBr)c2c1COCCCCn1c(C(=O)O)c(CCCOc3cccc4ccccc34)c3cccc-2c31. The molecule has 0 fully saturated rings. The number of hydrogen-bond acceptors (Lipinski definition) is 4. The van der Waals surface area contributed by atoms with Crippen LogP contribution in [0.3, 0.4) is 0 Å². The monoisotopic (exact) mass is 601 g/mol. The standard InChI is InChI=1S/C32H32BrN3O4/c1-35-27-20-39-17-5-4-16-36-30-23(12-7-13-25(30)29(27)26(19-33)34-35)24(31(36)32(37)38)14-8-18-40-28-15-6-10-21-9-2-3-11-22(21)28/h2-3,6-7,9-13,15H,4-5,8,14,16-20H2,1H3,(H,37,38). The van der Waals surface area contributed by atoms with Gasteiger partial charge in [0.15, 0.2) is 0 Å². The van der Waals surface area contributed by atoms with Crippen LogP contribution in [0, 0.1) is 0 Å². The third-order valence-electron chi connectivity index (χ3n) is 7.76. The van der Waals surface area contributed by atoms with Crippen LogP contribution in [-0.4, -0.2) is 38.6 Å². The second kappa shape index (κ2) is 11.5. The number of benzene rings is 3. The van der Waals surface area contributed by atoms with Gasteiger partial charge in [0.05, 0.1) is 30.1 Å². The lowest BCUT2D eigenvalue weighted by atomic mass is 9.98. The summed E-state index contributed by atoms with van der Waals surface area (Å²) in [5.74, 6) is -0.0465. The lowest BCUT2D eigenvalue weighted by Gasteiger charge is -2.12. The van der Waals surface area contributed by atoms with E-state index in [9.17, 15) is 9.90 Å². The fraction of sp³-hybridized carbons (Fsp3) is 0.312. The Bertz CT molecular complexity index is 1700. The Morgan fingerprint density at radius 3 is 2.73 bits per heavy atom. The minimum atomic E-state index is -0.898. The van der Waals surface area contributed by atoms with Crippen molar-refractivity contribution in [1.29, 1.82) is 0 Å². The van der Waals surface area contributed by atoms with Crippen LogP contribution in [0.1, 0.15) is 46.7 Å². The van der Waals surface area contributed by atoms with Gasteiger partial charge in [0.2, 0.25) is 0 Å². The van der Waals surface area contributed by atoms with E-state index in [4.69, 9.17) is 14.6 Å². The van der Waals surface area contributed by atoms with Gasteiger partial charge in [-0.3, -0.25) is 4.68 Å². The van der Waals surface area contributed by atoms with Gasteiger partial charge >= 0.3 is 5.97 Å². The van der Waals surface area contributed by atoms with E-state index >= 15 is 0 Å². The molecule has 0 amide bonds. The first kappa shape index (κ1) is 26.6. The van der Waals surface area contributed by atoms with E-state index < -0.39 is 5.97 Å². The zero-order chi connectivity index (χ0) is 27.6. The Balaban J connectivity index is 1.41. The van der Waals surface area contributed by atoms with Crippen LogP contribution in [0.25, 0.3) is 32.8 Å². The first-order valence-electron chi connectivity index (χ1n) is 13.7. The molecule has 0 radical (unpaired) electrons. The maximum absolute atomic E-state index is 12.8. The minimum Gasteiger partial charge on any atom is -0.493 e. The van der Waals surface area contributed by atoms with Crippen LogP contribution in [-0.2, 0) is 36.7 Å². The van der Waals surface area contributed by atoms with Gasteiger partial charge in [-0.25, -0.2) is 4.79 Å². The lowest BCUT2D eigenvalue weighted by Crippen LogP contribution is -2.12. The summed E-state index contributed by atoms with van der Waals surface area (Å²) < 4.78 is 16.1. The van der Waals surface area contributed by atoms with Gasteiger partial charge in [0.25, 0.3) is 0 Å². The topological polar surface area (TPSA) is 78.5 Å². The van der Waals surface area contributed by atoms with Crippen molar-refractivity contribution < 1.29 is 19.4 Å². The molecule has 40 heavy (non-hydrogen) atoms. The van der Waals surface area contributed by atoms with Crippen molar-refractivity contribution in [2.75, 3.05) is 13.2 Å². The van der Waals surface area contributed by atoms with Crippen molar-refractivity contribution in [1.82, 2.24) is 14.3 Å². The van der Waals surface area contributed by atoms with Gasteiger partial charge in [-0.2, -0.15) is 5.10 Å². The van der Waals surface area contributed by atoms with E-state index in [1.165, 1.54) is 0 Å². The van der Waals surface area contributed by atoms with Crippen molar-refractivity contribution >= 4 is 43.6 Å². The number of aromatic carboxylic acids is 1. The third kappa shape index (κ3) is 4.80. The molecule has 3 heterocycles. The predicted octanol–water partition coefficient (Wildman–Crippen LogP) is 7.11. The fourth-order valence-electron chi connectivity index (χ4n) is 5.99. The van der Waals surface area contributed by atoms with Crippen molar-refractivity contribution in [2.24, 2.45) is 7.05 Å². The molecule has 0 atom stereocenters. The molecule has 1 N–H and O–H groups in total. The quantitative estimate of drug-likeness (QED) is 0.159. The number of carbonyl (C=O) groups is 1. The predicted molar refractivity (Wildman–Crippen MR) is 160 cm³/mol. The molecule has 0 saturated heterocycles. The molecule has 0 spiro atoms. The number of fused-ring (bicyclic) bond motifs is 3. The van der Waals surface area contributed by atoms with Gasteiger partial charge in [-0.1, -0.05) is 70.5 Å². The van der Waals surface area contributed by atoms with Gasteiger partial charge in [-0.15, -0.1) is 0 Å². The molecule has 5 aromatic rings. The summed E-state index contributed by atoms with van der Waals surface area (Å²) in [6.45, 7) is 2.20. The number of para-hydroxylation sites is 1. The van der Waals surface area contributed by atoms with Crippen LogP contribution >= 0.6 is 15.9 Å². The summed E-state index contributed by atoms with van der Waals surface area (Å²) in [5.41, 5.74) is 6.14. The molecular weight excluding hydrogens is 570 g/mol. The Morgan fingerprint density at radius 2 is 1.88 bits per heavy atom. The molecule has 0 bridgehead atoms. The van der Waals surface area contributed by atoms with Gasteiger partial charge in [0.1, 0.15) is 11.4 Å². The Kier molecular flexibility index (Phi) is 7.63. The number of alkyl halides is 1. The number of rotatable bonds is 7. The number of nitrogens with zero attached hydrogens (tertiary/aromatic N) is 3. The Hall–Kier alpha value is -3.62. The molecule has 0 unspecified atom stereocenters. The van der Waals surface area contributed by atoms with Crippen LogP contribution < -0.4 is 4.74 Å². The van der Waals surface area contributed by atoms with Crippen molar-refractivity contribution in [3.63, 3.8) is 0 Å². The highest BCUT2D eigenvalue weighted by atomic mass is 79.9. The van der Waals surface area contributed by atoms with E-state index in [2.05, 4.69) is 46.3 Å². The molecule has 6 rings (SSSR count). The number of ether oxygens (including phenoxy) is 2. The Morgan fingerprint density at radius 1 is 1.07 bits per heavy atom. The van der Waals surface area contributed by atoms with Crippen molar-refractivity contribution in [3.05, 3.63) is 83.3 Å². The zero-order valence-corrected chi connectivity index (χ0v) is 24.1. The van der Waals surface area contributed by atoms with Gasteiger partial charge in [0, 0.05) is 47.4 Å². The lowest BCUT2D eigenvalue weighted by molar-refractivity contribution is 0.0683. The minimum absolute atomic E-state index is 0.374. The first-order valence-corrected chi connectivity index (χ1v) is 14.9. The summed E-state index contributed by atoms with van der Waals surface area (Å²) in [6.07, 6.45) is 2.99. The molecule has 1 aliphatic heterocycles. The van der Waals surface area contributed by atoms with Crippen LogP contribution in [0.4, 0.5) is 0 Å². The summed E-state index contributed by atoms with van der Waals surface area (Å²) in [6, 6.07) is 20.4. The molecule has 3 aromatic carbocycles. The van der Waals surface area contributed by atoms with Crippen molar-refractivity contribution in [2.45, 2.75) is 44.2 Å². The largest absolute Gasteiger partial charge is 0.493 e. The molecule has 1 aliphatic rings. The number of hydrogen-bond donors (Lipinski definition) is 1. The first-order chi connectivity index (χ1) is 19.6. The van der Waals surface area contributed by atoms with E-state index in [1.807, 2.05) is 46.6 Å². The second-order valence-corrected chi connectivity index (χ2v) is 10.8. The molecule has 2 aromatic heterocycles. The summed E-state index contributed by atoms with van der Waals surface area (Å²) in [5, 5.41) is 19.0. The number of carboxylic acid groups (broad SMARTS) is 1.